The van der Waals surface area contributed by atoms with Crippen molar-refractivity contribution in [3.8, 4) is 0 Å². The van der Waals surface area contributed by atoms with Crippen molar-refractivity contribution >= 4 is 0 Å². The van der Waals surface area contributed by atoms with Gasteiger partial charge in [0.05, 0.1) is 12.2 Å². The second kappa shape index (κ2) is 4.77. The summed E-state index contributed by atoms with van der Waals surface area (Å²) in [4.78, 5) is 0. The van der Waals surface area contributed by atoms with Crippen LogP contribution in [0.15, 0.2) is 30.3 Å². The Morgan fingerprint density at radius 3 is 2.47 bits per heavy atom. The second-order valence-corrected chi connectivity index (χ2v) is 4.25. The van der Waals surface area contributed by atoms with E-state index in [1.807, 2.05) is 37.3 Å². The Balaban J connectivity index is 1.91. The average Bonchev–Trinajstić information content (AvgIpc) is 2.23. The Labute approximate surface area is 90.9 Å². The normalized spacial score (nSPS) is 20.7. The third-order valence-corrected chi connectivity index (χ3v) is 3.05. The van der Waals surface area contributed by atoms with Gasteiger partial charge >= 0.3 is 0 Å². The van der Waals surface area contributed by atoms with Crippen LogP contribution in [0.4, 0.5) is 0 Å². The number of hydrogen-bond donors (Lipinski definition) is 1. The van der Waals surface area contributed by atoms with Crippen LogP contribution in [0, 0.1) is 0 Å². The van der Waals surface area contributed by atoms with E-state index >= 15 is 0 Å². The van der Waals surface area contributed by atoms with Crippen molar-refractivity contribution in [1.82, 2.24) is 0 Å². The highest BCUT2D eigenvalue weighted by atomic mass is 16.5. The Hall–Kier alpha value is -0.860. The fraction of sp³-hybridized carbons (Fsp3) is 0.538. The van der Waals surface area contributed by atoms with E-state index in [4.69, 9.17) is 4.74 Å². The van der Waals surface area contributed by atoms with Crippen LogP contribution in [0.25, 0.3) is 0 Å². The predicted molar refractivity (Wildman–Crippen MR) is 59.6 cm³/mol. The first-order valence-corrected chi connectivity index (χ1v) is 5.66. The van der Waals surface area contributed by atoms with E-state index < -0.39 is 6.10 Å². The molecule has 0 bridgehead atoms. The van der Waals surface area contributed by atoms with Crippen LogP contribution in [-0.4, -0.2) is 17.3 Å². The number of aliphatic hydroxyl groups is 1. The molecule has 1 aliphatic carbocycles. The molecule has 2 atom stereocenters. The minimum Gasteiger partial charge on any atom is -0.386 e. The third kappa shape index (κ3) is 2.58. The molecule has 2 rings (SSSR count). The summed E-state index contributed by atoms with van der Waals surface area (Å²) in [5.74, 6) is 0. The van der Waals surface area contributed by atoms with Crippen molar-refractivity contribution < 1.29 is 9.84 Å². The number of rotatable bonds is 4. The average molecular weight is 206 g/mol. The third-order valence-electron chi connectivity index (χ3n) is 3.05. The first-order chi connectivity index (χ1) is 7.27. The van der Waals surface area contributed by atoms with Crippen LogP contribution in [0.5, 0.6) is 0 Å². The molecular weight excluding hydrogens is 188 g/mol. The van der Waals surface area contributed by atoms with Crippen LogP contribution < -0.4 is 0 Å². The number of aliphatic hydroxyl groups excluding tert-OH is 1. The summed E-state index contributed by atoms with van der Waals surface area (Å²) in [7, 11) is 0. The Morgan fingerprint density at radius 2 is 1.93 bits per heavy atom. The number of benzene rings is 1. The molecule has 2 nitrogen and oxygen atoms in total. The van der Waals surface area contributed by atoms with E-state index in [9.17, 15) is 5.11 Å². The quantitative estimate of drug-likeness (QED) is 0.820. The van der Waals surface area contributed by atoms with Crippen molar-refractivity contribution in [2.45, 2.75) is 44.5 Å². The molecular formula is C13H18O2. The molecule has 1 aromatic carbocycles. The van der Waals surface area contributed by atoms with Gasteiger partial charge in [0.2, 0.25) is 0 Å². The molecule has 1 aromatic rings. The minimum atomic E-state index is -0.508. The zero-order chi connectivity index (χ0) is 10.7. The van der Waals surface area contributed by atoms with E-state index in [2.05, 4.69) is 0 Å². The molecule has 1 fully saturated rings. The molecule has 0 aliphatic heterocycles. The summed E-state index contributed by atoms with van der Waals surface area (Å²) in [5.41, 5.74) is 0.935. The van der Waals surface area contributed by atoms with E-state index in [0.717, 1.165) is 18.4 Å². The highest BCUT2D eigenvalue weighted by Crippen LogP contribution is 2.27. The molecule has 15 heavy (non-hydrogen) atoms. The van der Waals surface area contributed by atoms with Crippen molar-refractivity contribution in [3.63, 3.8) is 0 Å². The van der Waals surface area contributed by atoms with Gasteiger partial charge in [-0.1, -0.05) is 30.3 Å². The zero-order valence-electron chi connectivity index (χ0n) is 9.10. The standard InChI is InChI=1S/C13H18O2/c1-10(15-12-8-5-9-12)13(14)11-6-3-2-4-7-11/h2-4,6-7,10,12-14H,5,8-9H2,1H3. The van der Waals surface area contributed by atoms with Crippen LogP contribution in [0.1, 0.15) is 37.9 Å². The van der Waals surface area contributed by atoms with E-state index in [0.29, 0.717) is 6.10 Å². The summed E-state index contributed by atoms with van der Waals surface area (Å²) in [5, 5.41) is 10.0. The van der Waals surface area contributed by atoms with Gasteiger partial charge in [-0.25, -0.2) is 0 Å². The molecule has 0 spiro atoms. The van der Waals surface area contributed by atoms with Crippen molar-refractivity contribution in [1.29, 1.82) is 0 Å². The molecule has 2 heteroatoms. The van der Waals surface area contributed by atoms with Gasteiger partial charge in [-0.3, -0.25) is 0 Å². The fourth-order valence-electron chi connectivity index (χ4n) is 1.81. The van der Waals surface area contributed by atoms with E-state index in [1.165, 1.54) is 6.42 Å². The second-order valence-electron chi connectivity index (χ2n) is 4.25. The first-order valence-electron chi connectivity index (χ1n) is 5.66. The van der Waals surface area contributed by atoms with Gasteiger partial charge < -0.3 is 9.84 Å². The molecule has 0 amide bonds. The molecule has 0 aromatic heterocycles. The van der Waals surface area contributed by atoms with E-state index in [-0.39, 0.29) is 6.10 Å². The molecule has 0 radical (unpaired) electrons. The molecule has 0 saturated heterocycles. The molecule has 1 aliphatic rings. The van der Waals surface area contributed by atoms with Crippen LogP contribution in [0.3, 0.4) is 0 Å². The summed E-state index contributed by atoms with van der Waals surface area (Å²) in [6.45, 7) is 1.94. The Kier molecular flexibility index (Phi) is 3.39. The van der Waals surface area contributed by atoms with E-state index in [1.54, 1.807) is 0 Å². The SMILES string of the molecule is CC(OC1CCC1)C(O)c1ccccc1. The maximum atomic E-state index is 10.0. The summed E-state index contributed by atoms with van der Waals surface area (Å²) < 4.78 is 5.75. The Bertz CT molecular complexity index is 293. The number of ether oxygens (including phenoxy) is 1. The smallest absolute Gasteiger partial charge is 0.105 e. The lowest BCUT2D eigenvalue weighted by Crippen LogP contribution is -2.29. The first kappa shape index (κ1) is 10.7. The summed E-state index contributed by atoms with van der Waals surface area (Å²) >= 11 is 0. The van der Waals surface area contributed by atoms with Crippen LogP contribution in [-0.2, 0) is 4.74 Å². The fourth-order valence-corrected chi connectivity index (χ4v) is 1.81. The van der Waals surface area contributed by atoms with Crippen LogP contribution in [0.2, 0.25) is 0 Å². The Morgan fingerprint density at radius 1 is 1.27 bits per heavy atom. The molecule has 0 heterocycles. The molecule has 1 saturated carbocycles. The van der Waals surface area contributed by atoms with Gasteiger partial charge in [-0.15, -0.1) is 0 Å². The lowest BCUT2D eigenvalue weighted by atomic mass is 9.95. The van der Waals surface area contributed by atoms with Gasteiger partial charge in [0.25, 0.3) is 0 Å². The molecule has 2 unspecified atom stereocenters. The lowest BCUT2D eigenvalue weighted by molar-refractivity contribution is -0.0944. The van der Waals surface area contributed by atoms with Crippen molar-refractivity contribution in [3.05, 3.63) is 35.9 Å². The zero-order valence-corrected chi connectivity index (χ0v) is 9.10. The summed E-state index contributed by atoms with van der Waals surface area (Å²) in [6.07, 6.45) is 3.30. The van der Waals surface area contributed by atoms with Gasteiger partial charge in [-0.2, -0.15) is 0 Å². The largest absolute Gasteiger partial charge is 0.386 e. The summed E-state index contributed by atoms with van der Waals surface area (Å²) in [6, 6.07) is 9.70. The van der Waals surface area contributed by atoms with Crippen molar-refractivity contribution in [2.24, 2.45) is 0 Å². The minimum absolute atomic E-state index is 0.113. The van der Waals surface area contributed by atoms with Gasteiger partial charge in [0, 0.05) is 0 Å². The predicted octanol–water partition coefficient (Wildman–Crippen LogP) is 2.68. The highest BCUT2D eigenvalue weighted by Gasteiger charge is 2.24. The molecule has 82 valence electrons. The van der Waals surface area contributed by atoms with Crippen LogP contribution >= 0.6 is 0 Å². The maximum Gasteiger partial charge on any atom is 0.105 e. The highest BCUT2D eigenvalue weighted by molar-refractivity contribution is 5.18. The maximum absolute atomic E-state index is 10.0. The van der Waals surface area contributed by atoms with Crippen molar-refractivity contribution in [2.75, 3.05) is 0 Å². The monoisotopic (exact) mass is 206 g/mol. The van der Waals surface area contributed by atoms with Gasteiger partial charge in [0.1, 0.15) is 6.10 Å². The molecule has 1 N–H and O–H groups in total. The van der Waals surface area contributed by atoms with Gasteiger partial charge in [-0.05, 0) is 31.7 Å². The lowest BCUT2D eigenvalue weighted by Gasteiger charge is -2.31. The topological polar surface area (TPSA) is 29.5 Å². The van der Waals surface area contributed by atoms with Gasteiger partial charge in [0.15, 0.2) is 0 Å². The number of hydrogen-bond acceptors (Lipinski definition) is 2.